The standard InChI is InChI=1S/C15H18FN3S2/c16-12-3-5-14(6-4-12)21-11-9-19-15(17)18-8-7-13-2-1-10-20-13/h1-6,10H,7-9,11H2,(H3,17,18,19). The molecule has 1 aromatic carbocycles. The SMILES string of the molecule is NC(=NCCc1cccs1)NCCSc1ccc(F)cc1. The first-order chi connectivity index (χ1) is 10.2. The zero-order chi connectivity index (χ0) is 14.9. The van der Waals surface area contributed by atoms with E-state index in [1.807, 2.05) is 6.07 Å². The summed E-state index contributed by atoms with van der Waals surface area (Å²) in [6.07, 6.45) is 0.921. The van der Waals surface area contributed by atoms with Crippen molar-refractivity contribution in [2.24, 2.45) is 10.7 Å². The lowest BCUT2D eigenvalue weighted by molar-refractivity contribution is 0.626. The van der Waals surface area contributed by atoms with E-state index in [2.05, 4.69) is 21.8 Å². The molecule has 0 amide bonds. The van der Waals surface area contributed by atoms with Crippen LogP contribution in [-0.4, -0.2) is 24.8 Å². The molecule has 3 nitrogen and oxygen atoms in total. The fourth-order valence-corrected chi connectivity index (χ4v) is 3.14. The Balaban J connectivity index is 1.60. The van der Waals surface area contributed by atoms with Gasteiger partial charge < -0.3 is 11.1 Å². The van der Waals surface area contributed by atoms with Crippen molar-refractivity contribution in [3.05, 3.63) is 52.5 Å². The van der Waals surface area contributed by atoms with Gasteiger partial charge in [-0.25, -0.2) is 4.39 Å². The molecule has 2 rings (SSSR count). The van der Waals surface area contributed by atoms with Crippen LogP contribution in [-0.2, 0) is 6.42 Å². The monoisotopic (exact) mass is 323 g/mol. The number of hydrogen-bond acceptors (Lipinski definition) is 3. The number of thioether (sulfide) groups is 1. The van der Waals surface area contributed by atoms with Crippen LogP contribution in [0.15, 0.2) is 51.7 Å². The molecule has 0 radical (unpaired) electrons. The van der Waals surface area contributed by atoms with E-state index in [-0.39, 0.29) is 5.82 Å². The largest absolute Gasteiger partial charge is 0.370 e. The average molecular weight is 323 g/mol. The highest BCUT2D eigenvalue weighted by Crippen LogP contribution is 2.17. The molecule has 2 aromatic rings. The maximum absolute atomic E-state index is 12.7. The van der Waals surface area contributed by atoms with E-state index in [1.165, 1.54) is 17.0 Å². The van der Waals surface area contributed by atoms with Gasteiger partial charge in [-0.15, -0.1) is 23.1 Å². The first-order valence-electron chi connectivity index (χ1n) is 6.68. The third-order valence-corrected chi connectivity index (χ3v) is 4.66. The molecule has 0 unspecified atom stereocenters. The molecule has 1 heterocycles. The van der Waals surface area contributed by atoms with Gasteiger partial charge in [-0.05, 0) is 35.7 Å². The normalized spacial score (nSPS) is 11.6. The van der Waals surface area contributed by atoms with Crippen molar-refractivity contribution < 1.29 is 4.39 Å². The molecule has 0 bridgehead atoms. The lowest BCUT2D eigenvalue weighted by atomic mass is 10.3. The predicted octanol–water partition coefficient (Wildman–Crippen LogP) is 3.13. The van der Waals surface area contributed by atoms with Gasteiger partial charge in [0, 0.05) is 35.0 Å². The Bertz CT molecular complexity index is 553. The van der Waals surface area contributed by atoms with Gasteiger partial charge in [-0.2, -0.15) is 0 Å². The maximum atomic E-state index is 12.7. The molecule has 21 heavy (non-hydrogen) atoms. The average Bonchev–Trinajstić information content (AvgIpc) is 2.99. The molecular weight excluding hydrogens is 305 g/mol. The molecule has 0 saturated carbocycles. The van der Waals surface area contributed by atoms with Crippen LogP contribution in [0, 0.1) is 5.82 Å². The van der Waals surface area contributed by atoms with E-state index >= 15 is 0 Å². The minimum atomic E-state index is -0.209. The first kappa shape index (κ1) is 15.9. The molecule has 3 N–H and O–H groups in total. The third kappa shape index (κ3) is 6.18. The second-order valence-electron chi connectivity index (χ2n) is 4.33. The molecule has 0 fully saturated rings. The van der Waals surface area contributed by atoms with E-state index in [9.17, 15) is 4.39 Å². The van der Waals surface area contributed by atoms with Gasteiger partial charge in [0.15, 0.2) is 5.96 Å². The summed E-state index contributed by atoms with van der Waals surface area (Å²) in [6, 6.07) is 10.6. The number of aliphatic imine (C=N–C) groups is 1. The molecule has 0 atom stereocenters. The van der Waals surface area contributed by atoms with Crippen LogP contribution in [0.1, 0.15) is 4.88 Å². The van der Waals surface area contributed by atoms with Crippen molar-refractivity contribution in [1.29, 1.82) is 0 Å². The summed E-state index contributed by atoms with van der Waals surface area (Å²) >= 11 is 3.39. The minimum absolute atomic E-state index is 0.209. The van der Waals surface area contributed by atoms with Crippen molar-refractivity contribution in [3.8, 4) is 0 Å². The Morgan fingerprint density at radius 3 is 2.81 bits per heavy atom. The van der Waals surface area contributed by atoms with Gasteiger partial charge in [0.25, 0.3) is 0 Å². The summed E-state index contributed by atoms with van der Waals surface area (Å²) in [7, 11) is 0. The van der Waals surface area contributed by atoms with E-state index in [0.717, 1.165) is 23.6 Å². The van der Waals surface area contributed by atoms with Crippen molar-refractivity contribution >= 4 is 29.1 Å². The van der Waals surface area contributed by atoms with Gasteiger partial charge in [-0.3, -0.25) is 4.99 Å². The van der Waals surface area contributed by atoms with Crippen molar-refractivity contribution in [2.75, 3.05) is 18.8 Å². The van der Waals surface area contributed by atoms with Crippen molar-refractivity contribution in [3.63, 3.8) is 0 Å². The van der Waals surface area contributed by atoms with E-state index in [1.54, 1.807) is 35.2 Å². The molecule has 0 aliphatic heterocycles. The highest BCUT2D eigenvalue weighted by atomic mass is 32.2. The fourth-order valence-electron chi connectivity index (χ4n) is 1.68. The second kappa shape index (κ2) is 8.69. The number of nitrogens with two attached hydrogens (primary N) is 1. The molecule has 112 valence electrons. The zero-order valence-electron chi connectivity index (χ0n) is 11.6. The van der Waals surface area contributed by atoms with E-state index < -0.39 is 0 Å². The van der Waals surface area contributed by atoms with Crippen molar-refractivity contribution in [1.82, 2.24) is 5.32 Å². The van der Waals surface area contributed by atoms with E-state index in [0.29, 0.717) is 12.5 Å². The molecule has 0 saturated heterocycles. The van der Waals surface area contributed by atoms with Gasteiger partial charge in [0.1, 0.15) is 5.82 Å². The Hall–Kier alpha value is -1.53. The summed E-state index contributed by atoms with van der Waals surface area (Å²) in [5.74, 6) is 1.12. The lowest BCUT2D eigenvalue weighted by Crippen LogP contribution is -2.33. The van der Waals surface area contributed by atoms with Crippen LogP contribution >= 0.6 is 23.1 Å². The topological polar surface area (TPSA) is 50.4 Å². The van der Waals surface area contributed by atoms with Gasteiger partial charge in [0.05, 0.1) is 0 Å². The second-order valence-corrected chi connectivity index (χ2v) is 6.53. The van der Waals surface area contributed by atoms with Crippen LogP contribution in [0.2, 0.25) is 0 Å². The summed E-state index contributed by atoms with van der Waals surface area (Å²) < 4.78 is 12.7. The number of rotatable bonds is 7. The number of benzene rings is 1. The number of hydrogen-bond donors (Lipinski definition) is 2. The Morgan fingerprint density at radius 2 is 2.10 bits per heavy atom. The summed E-state index contributed by atoms with van der Waals surface area (Å²) in [6.45, 7) is 1.43. The van der Waals surface area contributed by atoms with E-state index in [4.69, 9.17) is 5.73 Å². The van der Waals surface area contributed by atoms with Gasteiger partial charge >= 0.3 is 0 Å². The summed E-state index contributed by atoms with van der Waals surface area (Å²) in [4.78, 5) is 6.65. The number of thiophene rings is 1. The summed E-state index contributed by atoms with van der Waals surface area (Å²) in [5.41, 5.74) is 5.80. The molecule has 6 heteroatoms. The zero-order valence-corrected chi connectivity index (χ0v) is 13.2. The molecule has 0 aliphatic carbocycles. The molecule has 0 spiro atoms. The van der Waals surface area contributed by atoms with Crippen LogP contribution in [0.5, 0.6) is 0 Å². The quantitative estimate of drug-likeness (QED) is 0.356. The van der Waals surface area contributed by atoms with Crippen LogP contribution in [0.4, 0.5) is 4.39 Å². The van der Waals surface area contributed by atoms with Crippen LogP contribution in [0.3, 0.4) is 0 Å². The van der Waals surface area contributed by atoms with Crippen LogP contribution in [0.25, 0.3) is 0 Å². The predicted molar refractivity (Wildman–Crippen MR) is 89.6 cm³/mol. The number of guanidine groups is 1. The minimum Gasteiger partial charge on any atom is -0.370 e. The van der Waals surface area contributed by atoms with Crippen LogP contribution < -0.4 is 11.1 Å². The van der Waals surface area contributed by atoms with Gasteiger partial charge in [-0.1, -0.05) is 6.07 Å². The highest BCUT2D eigenvalue weighted by molar-refractivity contribution is 7.99. The lowest BCUT2D eigenvalue weighted by Gasteiger charge is -2.05. The Kier molecular flexibility index (Phi) is 6.56. The molecule has 1 aromatic heterocycles. The Morgan fingerprint density at radius 1 is 1.29 bits per heavy atom. The van der Waals surface area contributed by atoms with Crippen molar-refractivity contribution in [2.45, 2.75) is 11.3 Å². The Labute approximate surface area is 132 Å². The first-order valence-corrected chi connectivity index (χ1v) is 8.55. The number of halogens is 1. The summed E-state index contributed by atoms with van der Waals surface area (Å²) in [5, 5.41) is 5.14. The fraction of sp³-hybridized carbons (Fsp3) is 0.267. The smallest absolute Gasteiger partial charge is 0.188 e. The van der Waals surface area contributed by atoms with Gasteiger partial charge in [0.2, 0.25) is 0 Å². The third-order valence-electron chi connectivity index (χ3n) is 2.71. The maximum Gasteiger partial charge on any atom is 0.188 e. The highest BCUT2D eigenvalue weighted by Gasteiger charge is 1.97. The molecular formula is C15H18FN3S2. The number of nitrogens with one attached hydrogen (secondary N) is 1. The number of nitrogens with zero attached hydrogens (tertiary/aromatic N) is 1. The molecule has 0 aliphatic rings.